The van der Waals surface area contributed by atoms with Crippen LogP contribution in [0.25, 0.3) is 0 Å². The molecule has 0 bridgehead atoms. The first kappa shape index (κ1) is 12.2. The fraction of sp³-hybridized carbons (Fsp3) is 0.727. The van der Waals surface area contributed by atoms with Crippen molar-refractivity contribution in [1.29, 1.82) is 0 Å². The van der Waals surface area contributed by atoms with Crippen LogP contribution in [0.2, 0.25) is 0 Å². The van der Waals surface area contributed by atoms with Crippen molar-refractivity contribution < 1.29 is 4.74 Å². The average molecular weight is 211 g/mol. The first-order valence-electron chi connectivity index (χ1n) is 5.47. The summed E-state index contributed by atoms with van der Waals surface area (Å²) in [4.78, 5) is 0. The number of aryl methyl sites for hydroxylation is 1. The maximum Gasteiger partial charge on any atom is 0.0693 e. The Labute approximate surface area is 91.6 Å². The predicted octanol–water partition coefficient (Wildman–Crippen LogP) is 1.29. The molecule has 1 N–H and O–H groups in total. The van der Waals surface area contributed by atoms with Crippen LogP contribution in [0.4, 0.5) is 0 Å². The number of rotatable bonds is 7. The molecule has 1 aromatic rings. The van der Waals surface area contributed by atoms with Crippen LogP contribution in [-0.4, -0.2) is 35.6 Å². The molecule has 0 aliphatic heterocycles. The van der Waals surface area contributed by atoms with Gasteiger partial charge in [0.1, 0.15) is 0 Å². The van der Waals surface area contributed by atoms with E-state index in [4.69, 9.17) is 4.74 Å². The summed E-state index contributed by atoms with van der Waals surface area (Å²) in [7, 11) is 1.74. The van der Waals surface area contributed by atoms with Gasteiger partial charge in [-0.25, -0.2) is 0 Å². The van der Waals surface area contributed by atoms with Crippen molar-refractivity contribution in [3.8, 4) is 0 Å². The molecule has 0 spiro atoms. The van der Waals surface area contributed by atoms with Gasteiger partial charge in [-0.05, 0) is 32.9 Å². The Kier molecular flexibility index (Phi) is 5.36. The third-order valence-electron chi connectivity index (χ3n) is 2.67. The Bertz CT molecular complexity index is 248. The molecule has 2 unspecified atom stereocenters. The van der Waals surface area contributed by atoms with E-state index in [0.717, 1.165) is 19.5 Å². The van der Waals surface area contributed by atoms with Gasteiger partial charge < -0.3 is 10.1 Å². The second-order valence-corrected chi connectivity index (χ2v) is 3.81. The third kappa shape index (κ3) is 4.44. The molecule has 0 fully saturated rings. The number of nitrogens with zero attached hydrogens (tertiary/aromatic N) is 2. The minimum absolute atomic E-state index is 0.259. The molecule has 0 saturated carbocycles. The van der Waals surface area contributed by atoms with Gasteiger partial charge in [0.15, 0.2) is 0 Å². The van der Waals surface area contributed by atoms with Crippen molar-refractivity contribution in [2.45, 2.75) is 39.0 Å². The molecule has 0 aliphatic rings. The topological polar surface area (TPSA) is 39.1 Å². The van der Waals surface area contributed by atoms with Crippen LogP contribution in [0.1, 0.15) is 20.3 Å². The van der Waals surface area contributed by atoms with Gasteiger partial charge in [-0.1, -0.05) is 0 Å². The van der Waals surface area contributed by atoms with Crippen LogP contribution >= 0.6 is 0 Å². The summed E-state index contributed by atoms with van der Waals surface area (Å²) in [6.45, 7) is 6.18. The van der Waals surface area contributed by atoms with Crippen LogP contribution in [-0.2, 0) is 11.3 Å². The molecule has 15 heavy (non-hydrogen) atoms. The number of hydrogen-bond acceptors (Lipinski definition) is 3. The van der Waals surface area contributed by atoms with Gasteiger partial charge in [-0.15, -0.1) is 0 Å². The van der Waals surface area contributed by atoms with E-state index in [1.54, 1.807) is 7.11 Å². The first-order chi connectivity index (χ1) is 7.24. The predicted molar refractivity (Wildman–Crippen MR) is 60.8 cm³/mol. The van der Waals surface area contributed by atoms with Crippen molar-refractivity contribution >= 4 is 0 Å². The Hall–Kier alpha value is -0.870. The lowest BCUT2D eigenvalue weighted by Crippen LogP contribution is -2.37. The van der Waals surface area contributed by atoms with Gasteiger partial charge in [0, 0.05) is 32.1 Å². The second kappa shape index (κ2) is 6.58. The molecule has 1 heterocycles. The van der Waals surface area contributed by atoms with E-state index in [2.05, 4.69) is 24.3 Å². The summed E-state index contributed by atoms with van der Waals surface area (Å²) in [5.41, 5.74) is 0. The Balaban J connectivity index is 2.06. The monoisotopic (exact) mass is 211 g/mol. The largest absolute Gasteiger partial charge is 0.380 e. The number of hydrogen-bond donors (Lipinski definition) is 1. The van der Waals surface area contributed by atoms with Crippen LogP contribution < -0.4 is 5.32 Å². The molecule has 1 rings (SSSR count). The van der Waals surface area contributed by atoms with Crippen LogP contribution in [0.3, 0.4) is 0 Å². The van der Waals surface area contributed by atoms with E-state index >= 15 is 0 Å². The fourth-order valence-corrected chi connectivity index (χ4v) is 1.37. The van der Waals surface area contributed by atoms with Gasteiger partial charge >= 0.3 is 0 Å². The molecular weight excluding hydrogens is 190 g/mol. The Morgan fingerprint density at radius 3 is 2.87 bits per heavy atom. The molecule has 0 saturated heterocycles. The highest BCUT2D eigenvalue weighted by Gasteiger charge is 2.08. The molecule has 1 aromatic heterocycles. The number of nitrogens with one attached hydrogen (secondary N) is 1. The van der Waals surface area contributed by atoms with Crippen LogP contribution in [0.5, 0.6) is 0 Å². The zero-order valence-corrected chi connectivity index (χ0v) is 9.81. The Morgan fingerprint density at radius 2 is 2.27 bits per heavy atom. The zero-order valence-electron chi connectivity index (χ0n) is 9.81. The minimum Gasteiger partial charge on any atom is -0.380 e. The lowest BCUT2D eigenvalue weighted by molar-refractivity contribution is 0.0886. The normalized spacial score (nSPS) is 15.1. The number of methoxy groups -OCH3 is 1. The van der Waals surface area contributed by atoms with Gasteiger partial charge in [-0.2, -0.15) is 5.10 Å². The summed E-state index contributed by atoms with van der Waals surface area (Å²) >= 11 is 0. The average Bonchev–Trinajstić information content (AvgIpc) is 2.75. The highest BCUT2D eigenvalue weighted by Crippen LogP contribution is 1.96. The number of aromatic nitrogens is 2. The van der Waals surface area contributed by atoms with E-state index in [-0.39, 0.29) is 6.10 Å². The summed E-state index contributed by atoms with van der Waals surface area (Å²) in [5, 5.41) is 7.58. The van der Waals surface area contributed by atoms with Gasteiger partial charge in [0.25, 0.3) is 0 Å². The summed E-state index contributed by atoms with van der Waals surface area (Å²) in [6, 6.07) is 2.34. The van der Waals surface area contributed by atoms with Crippen LogP contribution in [0.15, 0.2) is 18.5 Å². The SMILES string of the molecule is COC(C)C(C)NCCCn1cccn1. The summed E-state index contributed by atoms with van der Waals surface area (Å²) < 4.78 is 7.19. The van der Waals surface area contributed by atoms with E-state index < -0.39 is 0 Å². The molecule has 0 radical (unpaired) electrons. The molecule has 0 amide bonds. The lowest BCUT2D eigenvalue weighted by atomic mass is 10.2. The molecule has 0 aromatic carbocycles. The molecule has 4 heteroatoms. The molecule has 86 valence electrons. The van der Waals surface area contributed by atoms with Crippen molar-refractivity contribution in [1.82, 2.24) is 15.1 Å². The minimum atomic E-state index is 0.259. The van der Waals surface area contributed by atoms with E-state index in [1.165, 1.54) is 0 Å². The fourth-order valence-electron chi connectivity index (χ4n) is 1.37. The summed E-state index contributed by atoms with van der Waals surface area (Å²) in [6.07, 6.45) is 5.14. The van der Waals surface area contributed by atoms with Crippen molar-refractivity contribution in [3.63, 3.8) is 0 Å². The quantitative estimate of drug-likeness (QED) is 0.691. The molecule has 2 atom stereocenters. The van der Waals surface area contributed by atoms with Crippen molar-refractivity contribution in [2.24, 2.45) is 0 Å². The van der Waals surface area contributed by atoms with Gasteiger partial charge in [0.2, 0.25) is 0 Å². The van der Waals surface area contributed by atoms with Gasteiger partial charge in [-0.3, -0.25) is 4.68 Å². The zero-order chi connectivity index (χ0) is 11.1. The maximum absolute atomic E-state index is 5.23. The van der Waals surface area contributed by atoms with E-state index in [0.29, 0.717) is 6.04 Å². The highest BCUT2D eigenvalue weighted by atomic mass is 16.5. The third-order valence-corrected chi connectivity index (χ3v) is 2.67. The van der Waals surface area contributed by atoms with Crippen molar-refractivity contribution in [3.05, 3.63) is 18.5 Å². The second-order valence-electron chi connectivity index (χ2n) is 3.81. The molecule has 0 aliphatic carbocycles. The number of ether oxygens (including phenoxy) is 1. The van der Waals surface area contributed by atoms with Crippen LogP contribution in [0, 0.1) is 0 Å². The first-order valence-corrected chi connectivity index (χ1v) is 5.47. The maximum atomic E-state index is 5.23. The van der Waals surface area contributed by atoms with E-state index in [1.807, 2.05) is 23.1 Å². The van der Waals surface area contributed by atoms with E-state index in [9.17, 15) is 0 Å². The van der Waals surface area contributed by atoms with Crippen molar-refractivity contribution in [2.75, 3.05) is 13.7 Å². The molecular formula is C11H21N3O. The smallest absolute Gasteiger partial charge is 0.0693 e. The lowest BCUT2D eigenvalue weighted by Gasteiger charge is -2.19. The highest BCUT2D eigenvalue weighted by molar-refractivity contribution is 4.77. The standard InChI is InChI=1S/C11H21N3O/c1-10(11(2)15-3)12-6-4-8-14-9-5-7-13-14/h5,7,9-12H,4,6,8H2,1-3H3. The Morgan fingerprint density at radius 1 is 1.47 bits per heavy atom. The van der Waals surface area contributed by atoms with Gasteiger partial charge in [0.05, 0.1) is 6.10 Å². The summed E-state index contributed by atoms with van der Waals surface area (Å²) in [5.74, 6) is 0. The molecule has 4 nitrogen and oxygen atoms in total.